The van der Waals surface area contributed by atoms with Crippen LogP contribution in [0.2, 0.25) is 0 Å². The lowest BCUT2D eigenvalue weighted by molar-refractivity contribution is 0.0827. The third-order valence-electron chi connectivity index (χ3n) is 7.61. The van der Waals surface area contributed by atoms with E-state index in [0.717, 1.165) is 11.1 Å². The van der Waals surface area contributed by atoms with Gasteiger partial charge in [-0.3, -0.25) is 19.0 Å². The van der Waals surface area contributed by atoms with Crippen LogP contribution in [0.25, 0.3) is 22.3 Å². The normalized spacial score (nSPS) is 11.1. The van der Waals surface area contributed by atoms with Gasteiger partial charge in [-0.1, -0.05) is 18.2 Å². The van der Waals surface area contributed by atoms with E-state index in [0.29, 0.717) is 33.6 Å². The van der Waals surface area contributed by atoms with Gasteiger partial charge in [0.25, 0.3) is 11.5 Å². The molecule has 0 aliphatic rings. The van der Waals surface area contributed by atoms with E-state index in [2.05, 4.69) is 5.10 Å². The molecule has 3 heterocycles. The fourth-order valence-electron chi connectivity index (χ4n) is 5.31. The highest BCUT2D eigenvalue weighted by Gasteiger charge is 2.20. The molecular formula is C36H28F2N4O4. The second-order valence-electron chi connectivity index (χ2n) is 11.0. The van der Waals surface area contributed by atoms with Crippen LogP contribution in [0, 0.1) is 18.6 Å². The van der Waals surface area contributed by atoms with E-state index in [-0.39, 0.29) is 23.6 Å². The molecule has 0 saturated heterocycles. The summed E-state index contributed by atoms with van der Waals surface area (Å²) in [7, 11) is 3.37. The fraction of sp³-hybridized carbons (Fsp3) is 0.111. The van der Waals surface area contributed by atoms with Crippen molar-refractivity contribution in [3.8, 4) is 28.3 Å². The van der Waals surface area contributed by atoms with Crippen molar-refractivity contribution in [3.05, 3.63) is 148 Å². The minimum Gasteiger partial charge on any atom is -0.452 e. The Morgan fingerprint density at radius 2 is 1.67 bits per heavy atom. The first-order valence-electron chi connectivity index (χ1n) is 14.4. The number of aromatic nitrogens is 3. The molecule has 3 aromatic heterocycles. The molecular weight excluding hydrogens is 590 g/mol. The van der Waals surface area contributed by atoms with Crippen LogP contribution < -0.4 is 10.3 Å². The molecule has 6 aromatic rings. The Balaban J connectivity index is 1.27. The summed E-state index contributed by atoms with van der Waals surface area (Å²) in [5.74, 6) is -1.48. The van der Waals surface area contributed by atoms with Gasteiger partial charge in [-0.25, -0.2) is 13.3 Å². The topological polar surface area (TPSA) is 85.9 Å². The second kappa shape index (κ2) is 12.2. The Bertz CT molecular complexity index is 2190. The van der Waals surface area contributed by atoms with Crippen LogP contribution in [0.15, 0.2) is 108 Å². The third-order valence-corrected chi connectivity index (χ3v) is 7.61. The number of amides is 1. The van der Waals surface area contributed by atoms with E-state index in [1.807, 2.05) is 12.1 Å². The monoisotopic (exact) mass is 618 g/mol. The smallest absolute Gasteiger partial charge is 0.266 e. The molecule has 46 heavy (non-hydrogen) atoms. The number of hydrogen-bond donors (Lipinski definition) is 0. The van der Waals surface area contributed by atoms with Crippen LogP contribution in [0.3, 0.4) is 0 Å². The van der Waals surface area contributed by atoms with Gasteiger partial charge >= 0.3 is 0 Å². The first-order chi connectivity index (χ1) is 22.1. The molecule has 10 heteroatoms. The molecule has 0 bridgehead atoms. The lowest BCUT2D eigenvalue weighted by Crippen LogP contribution is -2.27. The van der Waals surface area contributed by atoms with Crippen molar-refractivity contribution in [2.45, 2.75) is 13.3 Å². The molecule has 230 valence electrons. The standard InChI is InChI=1S/C36H28F2N4O4/c1-22-14-17-41(27-10-8-26(37)9-11-27)36(45)33(22)30(43)20-23-7-12-31(29(38)19-23)46-32-13-16-39-42-18-15-28(34(32)42)24-5-4-6-25(21-24)35(44)40(2)3/h4-19,21H,20H2,1-3H3. The summed E-state index contributed by atoms with van der Waals surface area (Å²) in [5, 5.41) is 4.34. The van der Waals surface area contributed by atoms with Gasteiger partial charge in [-0.05, 0) is 84.3 Å². The Morgan fingerprint density at radius 3 is 2.41 bits per heavy atom. The number of hydrogen-bond acceptors (Lipinski definition) is 5. The average Bonchev–Trinajstić information content (AvgIpc) is 3.48. The predicted octanol–water partition coefficient (Wildman–Crippen LogP) is 6.66. The number of fused-ring (bicyclic) bond motifs is 1. The summed E-state index contributed by atoms with van der Waals surface area (Å²) < 4.78 is 37.8. The van der Waals surface area contributed by atoms with Crippen molar-refractivity contribution in [2.75, 3.05) is 14.1 Å². The number of ether oxygens (including phenoxy) is 1. The summed E-state index contributed by atoms with van der Waals surface area (Å²) in [6.07, 6.45) is 4.59. The third kappa shape index (κ3) is 5.80. The Labute approximate surface area is 262 Å². The quantitative estimate of drug-likeness (QED) is 0.178. The number of Topliss-reactive ketones (excluding diaryl/α,β-unsaturated/α-hetero) is 1. The largest absolute Gasteiger partial charge is 0.452 e. The summed E-state index contributed by atoms with van der Waals surface area (Å²) in [6.45, 7) is 1.66. The van der Waals surface area contributed by atoms with Gasteiger partial charge in [-0.2, -0.15) is 5.10 Å². The van der Waals surface area contributed by atoms with E-state index < -0.39 is 23.0 Å². The van der Waals surface area contributed by atoms with Gasteiger partial charge in [0.05, 0.1) is 11.8 Å². The molecule has 0 atom stereocenters. The van der Waals surface area contributed by atoms with Gasteiger partial charge in [-0.15, -0.1) is 0 Å². The Hall–Kier alpha value is -5.90. The van der Waals surface area contributed by atoms with Crippen molar-refractivity contribution in [1.29, 1.82) is 0 Å². The zero-order chi connectivity index (χ0) is 32.5. The first-order valence-corrected chi connectivity index (χ1v) is 14.4. The van der Waals surface area contributed by atoms with Gasteiger partial charge in [0.2, 0.25) is 0 Å². The lowest BCUT2D eigenvalue weighted by Gasteiger charge is -2.13. The maximum Gasteiger partial charge on any atom is 0.266 e. The van der Waals surface area contributed by atoms with Gasteiger partial charge in [0.1, 0.15) is 11.3 Å². The van der Waals surface area contributed by atoms with E-state index in [9.17, 15) is 18.8 Å². The number of benzene rings is 3. The van der Waals surface area contributed by atoms with Crippen molar-refractivity contribution in [1.82, 2.24) is 19.1 Å². The number of pyridine rings is 1. The lowest BCUT2D eigenvalue weighted by atomic mass is 10.0. The van der Waals surface area contributed by atoms with Crippen LogP contribution in [0.5, 0.6) is 11.5 Å². The summed E-state index contributed by atoms with van der Waals surface area (Å²) in [6, 6.07) is 21.9. The van der Waals surface area contributed by atoms with E-state index in [4.69, 9.17) is 4.74 Å². The highest BCUT2D eigenvalue weighted by Crippen LogP contribution is 2.35. The van der Waals surface area contributed by atoms with Crippen molar-refractivity contribution in [3.63, 3.8) is 0 Å². The number of aryl methyl sites for hydroxylation is 1. The molecule has 8 nitrogen and oxygen atoms in total. The van der Waals surface area contributed by atoms with Gasteiger partial charge in [0.15, 0.2) is 23.1 Å². The summed E-state index contributed by atoms with van der Waals surface area (Å²) in [4.78, 5) is 40.6. The molecule has 0 unspecified atom stereocenters. The number of rotatable bonds is 8. The predicted molar refractivity (Wildman–Crippen MR) is 170 cm³/mol. The molecule has 0 radical (unpaired) electrons. The second-order valence-corrected chi connectivity index (χ2v) is 11.0. The number of ketones is 1. The highest BCUT2D eigenvalue weighted by molar-refractivity contribution is 5.98. The van der Waals surface area contributed by atoms with Crippen LogP contribution in [0.4, 0.5) is 8.78 Å². The van der Waals surface area contributed by atoms with Crippen molar-refractivity contribution >= 4 is 17.2 Å². The molecule has 0 aliphatic heterocycles. The minimum absolute atomic E-state index is 0.0242. The van der Waals surface area contributed by atoms with Crippen LogP contribution in [0.1, 0.15) is 31.8 Å². The fourth-order valence-corrected chi connectivity index (χ4v) is 5.31. The zero-order valence-electron chi connectivity index (χ0n) is 25.2. The molecule has 0 saturated carbocycles. The number of carbonyl (C=O) groups excluding carboxylic acids is 2. The molecule has 0 aliphatic carbocycles. The van der Waals surface area contributed by atoms with Crippen LogP contribution in [-0.2, 0) is 6.42 Å². The minimum atomic E-state index is -0.694. The zero-order valence-corrected chi connectivity index (χ0v) is 25.2. The van der Waals surface area contributed by atoms with E-state index in [1.165, 1.54) is 58.3 Å². The molecule has 0 N–H and O–H groups in total. The SMILES string of the molecule is Cc1ccn(-c2ccc(F)cc2)c(=O)c1C(=O)Cc1ccc(Oc2ccnn3ccc(-c4cccc(C(=O)N(C)C)c4)c23)c(F)c1. The van der Waals surface area contributed by atoms with Crippen molar-refractivity contribution in [2.24, 2.45) is 0 Å². The maximum atomic E-state index is 15.4. The maximum absolute atomic E-state index is 15.4. The molecule has 3 aromatic carbocycles. The van der Waals surface area contributed by atoms with Gasteiger partial charge < -0.3 is 9.64 Å². The Kier molecular flexibility index (Phi) is 8.02. The van der Waals surface area contributed by atoms with Crippen molar-refractivity contribution < 1.29 is 23.1 Å². The van der Waals surface area contributed by atoms with Crippen LogP contribution >= 0.6 is 0 Å². The summed E-state index contributed by atoms with van der Waals surface area (Å²) in [5.41, 5.74) is 3.28. The van der Waals surface area contributed by atoms with Crippen LogP contribution in [-0.4, -0.2) is 44.9 Å². The number of halogens is 2. The van der Waals surface area contributed by atoms with E-state index in [1.54, 1.807) is 68.1 Å². The number of nitrogens with zero attached hydrogens (tertiary/aromatic N) is 4. The molecule has 6 rings (SSSR count). The summed E-state index contributed by atoms with van der Waals surface area (Å²) >= 11 is 0. The molecule has 0 fully saturated rings. The average molecular weight is 619 g/mol. The van der Waals surface area contributed by atoms with Gasteiger partial charge in [0, 0.05) is 55.8 Å². The Morgan fingerprint density at radius 1 is 0.891 bits per heavy atom. The highest BCUT2D eigenvalue weighted by atomic mass is 19.1. The first kappa shape index (κ1) is 30.1. The molecule has 1 amide bonds. The number of carbonyl (C=O) groups is 2. The molecule has 0 spiro atoms. The van der Waals surface area contributed by atoms with E-state index >= 15 is 4.39 Å².